The summed E-state index contributed by atoms with van der Waals surface area (Å²) in [6.45, 7) is 1.93. The summed E-state index contributed by atoms with van der Waals surface area (Å²) in [5, 5.41) is 0. The van der Waals surface area contributed by atoms with Gasteiger partial charge in [-0.2, -0.15) is 0 Å². The standard InChI is InChI=1S/C12H12BrFN2/c1-8-15-12(13)11(16(8)2)7-9-5-3-4-6-10(9)14/h3-6H,7H2,1-2H3. The first-order valence-electron chi connectivity index (χ1n) is 5.00. The number of hydrogen-bond acceptors (Lipinski definition) is 1. The largest absolute Gasteiger partial charge is 0.334 e. The summed E-state index contributed by atoms with van der Waals surface area (Å²) in [5.74, 6) is 0.742. The second-order valence-corrected chi connectivity index (χ2v) is 4.47. The van der Waals surface area contributed by atoms with Crippen LogP contribution in [0.5, 0.6) is 0 Å². The van der Waals surface area contributed by atoms with Gasteiger partial charge in [-0.1, -0.05) is 18.2 Å². The molecule has 0 unspecified atom stereocenters. The lowest BCUT2D eigenvalue weighted by Gasteiger charge is -2.05. The van der Waals surface area contributed by atoms with Crippen molar-refractivity contribution in [3.8, 4) is 0 Å². The molecule has 1 aromatic heterocycles. The summed E-state index contributed by atoms with van der Waals surface area (Å²) in [4.78, 5) is 4.29. The maximum Gasteiger partial charge on any atom is 0.127 e. The minimum absolute atomic E-state index is 0.173. The van der Waals surface area contributed by atoms with E-state index in [0.717, 1.165) is 16.1 Å². The molecule has 0 aliphatic heterocycles. The Balaban J connectivity index is 2.38. The number of rotatable bonds is 2. The van der Waals surface area contributed by atoms with Crippen LogP contribution in [0, 0.1) is 12.7 Å². The Morgan fingerprint density at radius 2 is 2.06 bits per heavy atom. The molecule has 0 atom stereocenters. The van der Waals surface area contributed by atoms with E-state index in [9.17, 15) is 4.39 Å². The van der Waals surface area contributed by atoms with Gasteiger partial charge in [0.15, 0.2) is 0 Å². The van der Waals surface area contributed by atoms with Gasteiger partial charge in [0, 0.05) is 13.5 Å². The Labute approximate surface area is 102 Å². The van der Waals surface area contributed by atoms with Crippen molar-refractivity contribution in [1.29, 1.82) is 0 Å². The van der Waals surface area contributed by atoms with Gasteiger partial charge in [-0.15, -0.1) is 0 Å². The lowest BCUT2D eigenvalue weighted by atomic mass is 10.1. The Morgan fingerprint density at radius 1 is 1.38 bits per heavy atom. The highest BCUT2D eigenvalue weighted by Gasteiger charge is 2.12. The van der Waals surface area contributed by atoms with E-state index in [2.05, 4.69) is 20.9 Å². The number of aromatic nitrogens is 2. The maximum absolute atomic E-state index is 13.5. The van der Waals surface area contributed by atoms with E-state index < -0.39 is 0 Å². The molecule has 1 aromatic carbocycles. The first kappa shape index (κ1) is 11.3. The zero-order valence-corrected chi connectivity index (χ0v) is 10.8. The summed E-state index contributed by atoms with van der Waals surface area (Å²) in [6, 6.07) is 6.81. The molecule has 0 N–H and O–H groups in total. The van der Waals surface area contributed by atoms with Gasteiger partial charge in [0.2, 0.25) is 0 Å². The van der Waals surface area contributed by atoms with Crippen molar-refractivity contribution in [2.75, 3.05) is 0 Å². The van der Waals surface area contributed by atoms with E-state index in [1.54, 1.807) is 12.1 Å². The fourth-order valence-corrected chi connectivity index (χ4v) is 2.29. The fourth-order valence-electron chi connectivity index (χ4n) is 1.63. The van der Waals surface area contributed by atoms with Gasteiger partial charge in [-0.3, -0.25) is 0 Å². The lowest BCUT2D eigenvalue weighted by molar-refractivity contribution is 0.611. The van der Waals surface area contributed by atoms with Crippen molar-refractivity contribution in [3.05, 3.63) is 51.8 Å². The highest BCUT2D eigenvalue weighted by Crippen LogP contribution is 2.21. The predicted molar refractivity (Wildman–Crippen MR) is 64.9 cm³/mol. The first-order chi connectivity index (χ1) is 7.59. The van der Waals surface area contributed by atoms with Gasteiger partial charge in [0.25, 0.3) is 0 Å². The molecule has 0 spiro atoms. The molecule has 0 aliphatic rings. The minimum Gasteiger partial charge on any atom is -0.334 e. The molecular weight excluding hydrogens is 271 g/mol. The van der Waals surface area contributed by atoms with Gasteiger partial charge in [0.05, 0.1) is 5.69 Å². The van der Waals surface area contributed by atoms with Gasteiger partial charge in [0.1, 0.15) is 16.2 Å². The maximum atomic E-state index is 13.5. The molecule has 2 rings (SSSR count). The molecule has 2 aromatic rings. The Morgan fingerprint density at radius 3 is 2.62 bits per heavy atom. The van der Waals surface area contributed by atoms with Crippen LogP contribution >= 0.6 is 15.9 Å². The van der Waals surface area contributed by atoms with Crippen molar-refractivity contribution in [3.63, 3.8) is 0 Å². The summed E-state index contributed by atoms with van der Waals surface area (Å²) in [7, 11) is 1.93. The third-order valence-electron chi connectivity index (χ3n) is 2.70. The molecule has 84 valence electrons. The van der Waals surface area contributed by atoms with Crippen LogP contribution < -0.4 is 0 Å². The molecule has 0 amide bonds. The van der Waals surface area contributed by atoms with E-state index in [1.165, 1.54) is 6.07 Å². The molecule has 4 heteroatoms. The van der Waals surface area contributed by atoms with Crippen LogP contribution in [0.2, 0.25) is 0 Å². The molecule has 0 saturated carbocycles. The van der Waals surface area contributed by atoms with Crippen LogP contribution in [-0.2, 0) is 13.5 Å². The molecule has 1 heterocycles. The van der Waals surface area contributed by atoms with Gasteiger partial charge in [-0.25, -0.2) is 9.37 Å². The predicted octanol–water partition coefficient (Wildman–Crippen LogP) is 3.22. The van der Waals surface area contributed by atoms with Crippen LogP contribution in [0.25, 0.3) is 0 Å². The molecule has 2 nitrogen and oxygen atoms in total. The highest BCUT2D eigenvalue weighted by molar-refractivity contribution is 9.10. The second-order valence-electron chi connectivity index (χ2n) is 3.72. The number of imidazole rings is 1. The smallest absolute Gasteiger partial charge is 0.127 e. The molecule has 0 aliphatic carbocycles. The quantitative estimate of drug-likeness (QED) is 0.827. The Kier molecular flexibility index (Phi) is 3.10. The molecule has 0 radical (unpaired) electrons. The SMILES string of the molecule is Cc1nc(Br)c(Cc2ccccc2F)n1C. The van der Waals surface area contributed by atoms with Crippen LogP contribution in [-0.4, -0.2) is 9.55 Å². The van der Waals surface area contributed by atoms with Crippen molar-refractivity contribution in [2.24, 2.45) is 7.05 Å². The van der Waals surface area contributed by atoms with Gasteiger partial charge >= 0.3 is 0 Å². The van der Waals surface area contributed by atoms with Crippen LogP contribution in [0.1, 0.15) is 17.1 Å². The number of aryl methyl sites for hydroxylation is 1. The molecule has 0 saturated heterocycles. The zero-order chi connectivity index (χ0) is 11.7. The normalized spacial score (nSPS) is 10.8. The highest BCUT2D eigenvalue weighted by atomic mass is 79.9. The third-order valence-corrected chi connectivity index (χ3v) is 3.34. The van der Waals surface area contributed by atoms with Crippen molar-refractivity contribution in [2.45, 2.75) is 13.3 Å². The van der Waals surface area contributed by atoms with Gasteiger partial charge < -0.3 is 4.57 Å². The Bertz CT molecular complexity index is 520. The topological polar surface area (TPSA) is 17.8 Å². The van der Waals surface area contributed by atoms with E-state index >= 15 is 0 Å². The summed E-state index contributed by atoms with van der Waals surface area (Å²) in [5.41, 5.74) is 1.67. The molecule has 16 heavy (non-hydrogen) atoms. The minimum atomic E-state index is -0.173. The summed E-state index contributed by atoms with van der Waals surface area (Å²) < 4.78 is 16.3. The molecule has 0 bridgehead atoms. The van der Waals surface area contributed by atoms with E-state index in [4.69, 9.17) is 0 Å². The number of benzene rings is 1. The van der Waals surface area contributed by atoms with Gasteiger partial charge in [-0.05, 0) is 34.5 Å². The Hall–Kier alpha value is -1.16. The number of hydrogen-bond donors (Lipinski definition) is 0. The van der Waals surface area contributed by atoms with E-state index in [1.807, 2.05) is 24.6 Å². The van der Waals surface area contributed by atoms with Crippen molar-refractivity contribution < 1.29 is 4.39 Å². The van der Waals surface area contributed by atoms with Crippen molar-refractivity contribution >= 4 is 15.9 Å². The fraction of sp³-hybridized carbons (Fsp3) is 0.250. The number of halogens is 2. The monoisotopic (exact) mass is 282 g/mol. The van der Waals surface area contributed by atoms with E-state index in [-0.39, 0.29) is 5.82 Å². The van der Waals surface area contributed by atoms with Crippen LogP contribution in [0.4, 0.5) is 4.39 Å². The third kappa shape index (κ3) is 2.02. The van der Waals surface area contributed by atoms with Crippen LogP contribution in [0.15, 0.2) is 28.9 Å². The summed E-state index contributed by atoms with van der Waals surface area (Å²) in [6.07, 6.45) is 0.546. The molecule has 0 fully saturated rings. The first-order valence-corrected chi connectivity index (χ1v) is 5.80. The number of nitrogens with zero attached hydrogens (tertiary/aromatic N) is 2. The van der Waals surface area contributed by atoms with Crippen LogP contribution in [0.3, 0.4) is 0 Å². The summed E-state index contributed by atoms with van der Waals surface area (Å²) >= 11 is 3.40. The average Bonchev–Trinajstić information content (AvgIpc) is 2.48. The lowest BCUT2D eigenvalue weighted by Crippen LogP contribution is -2.01. The van der Waals surface area contributed by atoms with Crippen molar-refractivity contribution in [1.82, 2.24) is 9.55 Å². The molecular formula is C12H12BrFN2. The average molecular weight is 283 g/mol. The van der Waals surface area contributed by atoms with E-state index in [0.29, 0.717) is 12.0 Å². The second kappa shape index (κ2) is 4.37. The zero-order valence-electron chi connectivity index (χ0n) is 9.17.